The number of benzene rings is 2. The Morgan fingerprint density at radius 2 is 2.12 bits per heavy atom. The zero-order valence-corrected chi connectivity index (χ0v) is 15.7. The number of phenolic OH excluding ortho intramolecular Hbond substituents is 1. The number of para-hydroxylation sites is 1. The van der Waals surface area contributed by atoms with Gasteiger partial charge in [0.25, 0.3) is 5.91 Å². The second-order valence-corrected chi connectivity index (χ2v) is 6.44. The SMILES string of the molecule is COc1cccc(C2=NO[C@H](C(=O)Nc3cc(Br)ccc3O)C2)c1OC. The Kier molecular flexibility index (Phi) is 5.32. The number of carbonyl (C=O) groups excluding carboxylic acids is 1. The molecule has 1 aliphatic heterocycles. The van der Waals surface area contributed by atoms with Gasteiger partial charge in [0.2, 0.25) is 6.10 Å². The van der Waals surface area contributed by atoms with Crippen LogP contribution in [0.4, 0.5) is 5.69 Å². The average Bonchev–Trinajstić information content (AvgIpc) is 3.14. The van der Waals surface area contributed by atoms with E-state index in [-0.39, 0.29) is 12.2 Å². The number of carbonyl (C=O) groups is 1. The summed E-state index contributed by atoms with van der Waals surface area (Å²) in [6, 6.07) is 10.2. The normalized spacial score (nSPS) is 15.8. The van der Waals surface area contributed by atoms with Crippen molar-refractivity contribution in [3.05, 3.63) is 46.4 Å². The van der Waals surface area contributed by atoms with Crippen LogP contribution in [0.3, 0.4) is 0 Å². The molecule has 3 rings (SSSR count). The van der Waals surface area contributed by atoms with Gasteiger partial charge in [-0.1, -0.05) is 27.2 Å². The lowest BCUT2D eigenvalue weighted by atomic mass is 10.0. The molecule has 1 aliphatic rings. The topological polar surface area (TPSA) is 89.4 Å². The molecule has 0 unspecified atom stereocenters. The molecule has 0 radical (unpaired) electrons. The Hall–Kier alpha value is -2.74. The number of anilines is 1. The zero-order valence-electron chi connectivity index (χ0n) is 14.2. The quantitative estimate of drug-likeness (QED) is 0.724. The van der Waals surface area contributed by atoms with Gasteiger partial charge >= 0.3 is 0 Å². The van der Waals surface area contributed by atoms with Gasteiger partial charge in [0.1, 0.15) is 5.75 Å². The number of aromatic hydroxyl groups is 1. The molecule has 0 aliphatic carbocycles. The lowest BCUT2D eigenvalue weighted by Crippen LogP contribution is -2.28. The molecule has 2 aromatic rings. The van der Waals surface area contributed by atoms with Crippen molar-refractivity contribution in [1.29, 1.82) is 0 Å². The van der Waals surface area contributed by atoms with Crippen molar-refractivity contribution in [2.24, 2.45) is 5.16 Å². The number of nitrogens with zero attached hydrogens (tertiary/aromatic N) is 1. The molecule has 0 fully saturated rings. The van der Waals surface area contributed by atoms with E-state index >= 15 is 0 Å². The van der Waals surface area contributed by atoms with E-state index in [1.165, 1.54) is 13.2 Å². The molecule has 0 aromatic heterocycles. The zero-order chi connectivity index (χ0) is 18.7. The molecule has 0 saturated carbocycles. The fourth-order valence-electron chi connectivity index (χ4n) is 2.61. The number of methoxy groups -OCH3 is 2. The molecule has 2 aromatic carbocycles. The molecular weight excluding hydrogens is 404 g/mol. The highest BCUT2D eigenvalue weighted by Gasteiger charge is 2.31. The molecule has 2 N–H and O–H groups in total. The van der Waals surface area contributed by atoms with Gasteiger partial charge in [-0.25, -0.2) is 0 Å². The van der Waals surface area contributed by atoms with Crippen molar-refractivity contribution in [2.75, 3.05) is 19.5 Å². The van der Waals surface area contributed by atoms with Gasteiger partial charge in [-0.2, -0.15) is 0 Å². The van der Waals surface area contributed by atoms with E-state index in [0.717, 1.165) is 4.47 Å². The summed E-state index contributed by atoms with van der Waals surface area (Å²) in [4.78, 5) is 17.7. The fourth-order valence-corrected chi connectivity index (χ4v) is 2.97. The van der Waals surface area contributed by atoms with Gasteiger partial charge in [0.15, 0.2) is 11.5 Å². The molecule has 7 nitrogen and oxygen atoms in total. The molecule has 1 atom stereocenters. The van der Waals surface area contributed by atoms with Crippen LogP contribution in [0, 0.1) is 0 Å². The molecule has 0 spiro atoms. The Labute approximate surface area is 158 Å². The first-order valence-electron chi connectivity index (χ1n) is 7.77. The van der Waals surface area contributed by atoms with E-state index in [0.29, 0.717) is 28.5 Å². The summed E-state index contributed by atoms with van der Waals surface area (Å²) in [7, 11) is 3.09. The number of hydrogen-bond donors (Lipinski definition) is 2. The van der Waals surface area contributed by atoms with Gasteiger partial charge in [-0.15, -0.1) is 0 Å². The van der Waals surface area contributed by atoms with Crippen molar-refractivity contribution in [1.82, 2.24) is 0 Å². The van der Waals surface area contributed by atoms with Crippen molar-refractivity contribution in [3.63, 3.8) is 0 Å². The van der Waals surface area contributed by atoms with E-state index in [1.54, 1.807) is 25.3 Å². The third-order valence-electron chi connectivity index (χ3n) is 3.89. The minimum absolute atomic E-state index is 0.0323. The Morgan fingerprint density at radius 3 is 2.85 bits per heavy atom. The summed E-state index contributed by atoms with van der Waals surface area (Å²) >= 11 is 3.30. The van der Waals surface area contributed by atoms with Crippen LogP contribution in [0.2, 0.25) is 0 Å². The van der Waals surface area contributed by atoms with Crippen LogP contribution in [0.15, 0.2) is 46.0 Å². The van der Waals surface area contributed by atoms with Crippen molar-refractivity contribution in [3.8, 4) is 17.2 Å². The first-order chi connectivity index (χ1) is 12.5. The molecule has 136 valence electrons. The van der Waals surface area contributed by atoms with Gasteiger partial charge < -0.3 is 24.7 Å². The number of rotatable bonds is 5. The lowest BCUT2D eigenvalue weighted by molar-refractivity contribution is -0.125. The van der Waals surface area contributed by atoms with E-state index in [2.05, 4.69) is 26.4 Å². The van der Waals surface area contributed by atoms with Crippen molar-refractivity contribution in [2.45, 2.75) is 12.5 Å². The highest BCUT2D eigenvalue weighted by atomic mass is 79.9. The number of hydrogen-bond acceptors (Lipinski definition) is 6. The van der Waals surface area contributed by atoms with Crippen LogP contribution >= 0.6 is 15.9 Å². The van der Waals surface area contributed by atoms with E-state index < -0.39 is 12.0 Å². The number of oxime groups is 1. The lowest BCUT2D eigenvalue weighted by Gasteiger charge is -2.12. The van der Waals surface area contributed by atoms with E-state index in [9.17, 15) is 9.90 Å². The smallest absolute Gasteiger partial charge is 0.268 e. The molecule has 1 amide bonds. The van der Waals surface area contributed by atoms with Crippen LogP contribution in [-0.4, -0.2) is 37.0 Å². The van der Waals surface area contributed by atoms with Crippen molar-refractivity contribution >= 4 is 33.2 Å². The highest BCUT2D eigenvalue weighted by Crippen LogP contribution is 2.34. The maximum Gasteiger partial charge on any atom is 0.268 e. The Bertz CT molecular complexity index is 869. The van der Waals surface area contributed by atoms with Gasteiger partial charge in [0, 0.05) is 16.5 Å². The van der Waals surface area contributed by atoms with E-state index in [4.69, 9.17) is 14.3 Å². The second kappa shape index (κ2) is 7.65. The molecule has 1 heterocycles. The summed E-state index contributed by atoms with van der Waals surface area (Å²) in [6.07, 6.45) is -0.538. The van der Waals surface area contributed by atoms with Crippen LogP contribution in [0.1, 0.15) is 12.0 Å². The third-order valence-corrected chi connectivity index (χ3v) is 4.38. The largest absolute Gasteiger partial charge is 0.506 e. The molecule has 0 saturated heterocycles. The van der Waals surface area contributed by atoms with Crippen LogP contribution in [-0.2, 0) is 9.63 Å². The van der Waals surface area contributed by atoms with Crippen LogP contribution in [0.25, 0.3) is 0 Å². The van der Waals surface area contributed by atoms with E-state index in [1.807, 2.05) is 12.1 Å². The van der Waals surface area contributed by atoms with Gasteiger partial charge in [0.05, 0.1) is 25.6 Å². The number of halogens is 1. The molecular formula is C18H17BrN2O5. The summed E-state index contributed by atoms with van der Waals surface area (Å²) < 4.78 is 11.4. The van der Waals surface area contributed by atoms with Gasteiger partial charge in [-0.05, 0) is 30.3 Å². The summed E-state index contributed by atoms with van der Waals surface area (Å²) in [5, 5.41) is 16.5. The average molecular weight is 421 g/mol. The number of ether oxygens (including phenoxy) is 2. The molecule has 8 heteroatoms. The monoisotopic (exact) mass is 420 g/mol. The van der Waals surface area contributed by atoms with Crippen LogP contribution in [0.5, 0.6) is 17.2 Å². The van der Waals surface area contributed by atoms with Gasteiger partial charge in [-0.3, -0.25) is 4.79 Å². The standard InChI is InChI=1S/C18H17BrN2O5/c1-24-15-5-3-4-11(17(15)25-2)12-9-16(26-21-12)18(23)20-13-8-10(19)6-7-14(13)22/h3-8,16,22H,9H2,1-2H3,(H,20,23)/t16-/m0/s1. The first kappa shape index (κ1) is 18.1. The molecule has 0 bridgehead atoms. The predicted molar refractivity (Wildman–Crippen MR) is 100 cm³/mol. The summed E-state index contributed by atoms with van der Waals surface area (Å²) in [5.41, 5.74) is 1.58. The maximum absolute atomic E-state index is 12.4. The fraction of sp³-hybridized carbons (Fsp3) is 0.222. The second-order valence-electron chi connectivity index (χ2n) is 5.53. The maximum atomic E-state index is 12.4. The molecule has 26 heavy (non-hydrogen) atoms. The van der Waals surface area contributed by atoms with Crippen molar-refractivity contribution < 1.29 is 24.2 Å². The number of nitrogens with one attached hydrogen (secondary N) is 1. The van der Waals surface area contributed by atoms with Crippen LogP contribution < -0.4 is 14.8 Å². The third kappa shape index (κ3) is 3.60. The number of phenols is 1. The summed E-state index contributed by atoms with van der Waals surface area (Å²) in [5.74, 6) is 0.664. The summed E-state index contributed by atoms with van der Waals surface area (Å²) in [6.45, 7) is 0. The minimum atomic E-state index is -0.806. The predicted octanol–water partition coefficient (Wildman–Crippen LogP) is 3.30. The first-order valence-corrected chi connectivity index (χ1v) is 8.56. The minimum Gasteiger partial charge on any atom is -0.506 e. The Morgan fingerprint density at radius 1 is 1.31 bits per heavy atom. The Balaban J connectivity index is 1.74. The number of amides is 1. The highest BCUT2D eigenvalue weighted by molar-refractivity contribution is 9.10.